The lowest BCUT2D eigenvalue weighted by atomic mass is 10.0. The molecule has 5 nitrogen and oxygen atoms in total. The Morgan fingerprint density at radius 2 is 1.70 bits per heavy atom. The third kappa shape index (κ3) is 4.03. The predicted octanol–water partition coefficient (Wildman–Crippen LogP) is 5.39. The lowest BCUT2D eigenvalue weighted by Crippen LogP contribution is -2.35. The van der Waals surface area contributed by atoms with Crippen molar-refractivity contribution in [3.05, 3.63) is 87.9 Å². The van der Waals surface area contributed by atoms with E-state index in [9.17, 15) is 13.2 Å². The van der Waals surface area contributed by atoms with Gasteiger partial charge in [-0.1, -0.05) is 47.5 Å². The molecular formula is C22H18Cl2N2O3S. The summed E-state index contributed by atoms with van der Waals surface area (Å²) in [5.41, 5.74) is 2.36. The number of rotatable bonds is 4. The molecule has 3 aromatic carbocycles. The zero-order chi connectivity index (χ0) is 21.3. The molecule has 1 amide bonds. The highest BCUT2D eigenvalue weighted by atomic mass is 35.5. The first-order valence-corrected chi connectivity index (χ1v) is 11.5. The van der Waals surface area contributed by atoms with Gasteiger partial charge in [-0.25, -0.2) is 8.42 Å². The first kappa shape index (κ1) is 20.7. The third-order valence-electron chi connectivity index (χ3n) is 4.93. The number of carbonyl (C=O) groups excluding carboxylic acids is 1. The van der Waals surface area contributed by atoms with Crippen LogP contribution in [0.1, 0.15) is 22.3 Å². The number of carbonyl (C=O) groups is 1. The summed E-state index contributed by atoms with van der Waals surface area (Å²) in [7, 11) is -3.69. The van der Waals surface area contributed by atoms with E-state index >= 15 is 0 Å². The Kier molecular flexibility index (Phi) is 5.73. The predicted molar refractivity (Wildman–Crippen MR) is 120 cm³/mol. The minimum absolute atomic E-state index is 0.239. The fraction of sp³-hybridized carbons (Fsp3) is 0.136. The summed E-state index contributed by atoms with van der Waals surface area (Å²) in [6.45, 7) is 0.383. The molecule has 154 valence electrons. The topological polar surface area (TPSA) is 66.5 Å². The molecule has 0 spiro atoms. The summed E-state index contributed by atoms with van der Waals surface area (Å²) in [5, 5.41) is 3.46. The summed E-state index contributed by atoms with van der Waals surface area (Å²) in [5.74, 6) is -0.359. The van der Waals surface area contributed by atoms with E-state index < -0.39 is 10.0 Å². The molecule has 1 aliphatic rings. The van der Waals surface area contributed by atoms with Crippen LogP contribution in [0.2, 0.25) is 10.0 Å². The van der Waals surface area contributed by atoms with E-state index in [-0.39, 0.29) is 15.8 Å². The smallest absolute Gasteiger partial charge is 0.264 e. The molecule has 0 atom stereocenters. The Balaban J connectivity index is 1.65. The minimum atomic E-state index is -3.69. The van der Waals surface area contributed by atoms with Crippen molar-refractivity contribution in [2.75, 3.05) is 16.2 Å². The van der Waals surface area contributed by atoms with Crippen LogP contribution < -0.4 is 9.62 Å². The van der Waals surface area contributed by atoms with Gasteiger partial charge in [-0.05, 0) is 60.9 Å². The van der Waals surface area contributed by atoms with Crippen molar-refractivity contribution in [3.8, 4) is 0 Å². The van der Waals surface area contributed by atoms with Crippen LogP contribution in [0, 0.1) is 0 Å². The Bertz CT molecular complexity index is 1210. The molecule has 1 aliphatic heterocycles. The first-order chi connectivity index (χ1) is 14.4. The van der Waals surface area contributed by atoms with E-state index in [4.69, 9.17) is 23.2 Å². The highest BCUT2D eigenvalue weighted by Crippen LogP contribution is 2.34. The second-order valence-electron chi connectivity index (χ2n) is 6.92. The number of halogens is 2. The number of hydrogen-bond donors (Lipinski definition) is 1. The Morgan fingerprint density at radius 3 is 2.43 bits per heavy atom. The van der Waals surface area contributed by atoms with Gasteiger partial charge in [0.05, 0.1) is 20.6 Å². The van der Waals surface area contributed by atoms with Crippen molar-refractivity contribution in [1.82, 2.24) is 0 Å². The molecule has 3 aromatic rings. The van der Waals surface area contributed by atoms with Gasteiger partial charge in [-0.2, -0.15) is 0 Å². The van der Waals surface area contributed by atoms with Crippen molar-refractivity contribution in [3.63, 3.8) is 0 Å². The maximum atomic E-state index is 13.2. The summed E-state index contributed by atoms with van der Waals surface area (Å²) in [6, 6.07) is 18.3. The van der Waals surface area contributed by atoms with E-state index in [1.165, 1.54) is 10.4 Å². The number of nitrogens with one attached hydrogen (secondary N) is 1. The first-order valence-electron chi connectivity index (χ1n) is 9.33. The molecule has 0 fully saturated rings. The molecule has 4 rings (SSSR count). The quantitative estimate of drug-likeness (QED) is 0.567. The molecule has 8 heteroatoms. The number of anilines is 2. The molecule has 0 saturated carbocycles. The molecule has 0 unspecified atom stereocenters. The second-order valence-corrected chi connectivity index (χ2v) is 9.60. The molecule has 0 saturated heterocycles. The van der Waals surface area contributed by atoms with E-state index in [1.807, 2.05) is 6.07 Å². The van der Waals surface area contributed by atoms with E-state index in [1.54, 1.807) is 54.6 Å². The standard InChI is InChI=1S/C22H18Cl2N2O3S/c23-19-11-9-16(13-20(19)24)22(27)25-17-10-8-15-5-4-12-26(21(15)14-17)30(28,29)18-6-2-1-3-7-18/h1-3,6-11,13-14H,4-5,12H2,(H,25,27). The van der Waals surface area contributed by atoms with Crippen molar-refractivity contribution in [1.29, 1.82) is 0 Å². The number of fused-ring (bicyclic) bond motifs is 1. The fourth-order valence-corrected chi connectivity index (χ4v) is 5.28. The maximum absolute atomic E-state index is 13.2. The molecule has 0 bridgehead atoms. The Labute approximate surface area is 185 Å². The minimum Gasteiger partial charge on any atom is -0.322 e. The number of nitrogens with zero attached hydrogens (tertiary/aromatic N) is 1. The van der Waals surface area contributed by atoms with Gasteiger partial charge < -0.3 is 5.32 Å². The molecule has 1 N–H and O–H groups in total. The van der Waals surface area contributed by atoms with Crippen LogP contribution in [-0.4, -0.2) is 20.9 Å². The maximum Gasteiger partial charge on any atom is 0.264 e. The number of amides is 1. The fourth-order valence-electron chi connectivity index (χ4n) is 3.43. The van der Waals surface area contributed by atoms with Gasteiger partial charge >= 0.3 is 0 Å². The van der Waals surface area contributed by atoms with Crippen LogP contribution >= 0.6 is 23.2 Å². The summed E-state index contributed by atoms with van der Waals surface area (Å²) in [4.78, 5) is 12.8. The average molecular weight is 461 g/mol. The normalized spacial score (nSPS) is 13.6. The van der Waals surface area contributed by atoms with Crippen LogP contribution in [0.4, 0.5) is 11.4 Å². The van der Waals surface area contributed by atoms with Gasteiger partial charge in [0.15, 0.2) is 0 Å². The summed E-state index contributed by atoms with van der Waals surface area (Å²) >= 11 is 11.9. The van der Waals surface area contributed by atoms with Crippen molar-refractivity contribution >= 4 is 50.5 Å². The average Bonchev–Trinajstić information content (AvgIpc) is 2.75. The van der Waals surface area contributed by atoms with Gasteiger partial charge in [0.1, 0.15) is 0 Å². The number of aryl methyl sites for hydroxylation is 1. The monoisotopic (exact) mass is 460 g/mol. The number of hydrogen-bond acceptors (Lipinski definition) is 3. The van der Waals surface area contributed by atoms with Crippen LogP contribution in [0.5, 0.6) is 0 Å². The molecule has 0 aliphatic carbocycles. The Hall–Kier alpha value is -2.54. The summed E-state index contributed by atoms with van der Waals surface area (Å²) < 4.78 is 27.8. The van der Waals surface area contributed by atoms with Crippen LogP contribution in [0.25, 0.3) is 0 Å². The van der Waals surface area contributed by atoms with Gasteiger partial charge in [-0.15, -0.1) is 0 Å². The van der Waals surface area contributed by atoms with Gasteiger partial charge in [0.2, 0.25) is 0 Å². The van der Waals surface area contributed by atoms with Gasteiger partial charge in [0, 0.05) is 17.8 Å². The van der Waals surface area contributed by atoms with Crippen LogP contribution in [0.3, 0.4) is 0 Å². The Morgan fingerprint density at radius 1 is 0.933 bits per heavy atom. The van der Waals surface area contributed by atoms with Crippen LogP contribution in [-0.2, 0) is 16.4 Å². The highest BCUT2D eigenvalue weighted by Gasteiger charge is 2.29. The van der Waals surface area contributed by atoms with E-state index in [0.717, 1.165) is 18.4 Å². The van der Waals surface area contributed by atoms with Crippen LogP contribution in [0.15, 0.2) is 71.6 Å². The zero-order valence-electron chi connectivity index (χ0n) is 15.8. The van der Waals surface area contributed by atoms with E-state index in [2.05, 4.69) is 5.32 Å². The third-order valence-corrected chi connectivity index (χ3v) is 7.50. The van der Waals surface area contributed by atoms with E-state index in [0.29, 0.717) is 28.5 Å². The van der Waals surface area contributed by atoms with Gasteiger partial charge in [0.25, 0.3) is 15.9 Å². The highest BCUT2D eigenvalue weighted by molar-refractivity contribution is 7.92. The van der Waals surface area contributed by atoms with Crippen molar-refractivity contribution in [2.45, 2.75) is 17.7 Å². The SMILES string of the molecule is O=C(Nc1ccc2c(c1)N(S(=O)(=O)c1ccccc1)CCC2)c1ccc(Cl)c(Cl)c1. The number of sulfonamides is 1. The largest absolute Gasteiger partial charge is 0.322 e. The molecular weight excluding hydrogens is 443 g/mol. The molecule has 30 heavy (non-hydrogen) atoms. The van der Waals surface area contributed by atoms with Gasteiger partial charge in [-0.3, -0.25) is 9.10 Å². The second kappa shape index (κ2) is 8.30. The lowest BCUT2D eigenvalue weighted by molar-refractivity contribution is 0.102. The summed E-state index contributed by atoms with van der Waals surface area (Å²) in [6.07, 6.45) is 1.51. The zero-order valence-corrected chi connectivity index (χ0v) is 18.1. The van der Waals surface area contributed by atoms with Crippen molar-refractivity contribution < 1.29 is 13.2 Å². The molecule has 1 heterocycles. The number of benzene rings is 3. The lowest BCUT2D eigenvalue weighted by Gasteiger charge is -2.31. The molecule has 0 radical (unpaired) electrons. The van der Waals surface area contributed by atoms with Crippen molar-refractivity contribution in [2.24, 2.45) is 0 Å². The molecule has 0 aromatic heterocycles.